The first-order valence-corrected chi connectivity index (χ1v) is 8.52. The fraction of sp³-hybridized carbons (Fsp3) is 0.100. The Morgan fingerprint density at radius 2 is 1.56 bits per heavy atom. The summed E-state index contributed by atoms with van der Waals surface area (Å²) in [6.07, 6.45) is 0. The molecular weight excluding hydrogens is 337 g/mol. The van der Waals surface area contributed by atoms with Crippen molar-refractivity contribution in [1.29, 1.82) is 0 Å². The van der Waals surface area contributed by atoms with E-state index in [4.69, 9.17) is 9.47 Å². The number of methoxy groups -OCH3 is 2. The van der Waals surface area contributed by atoms with Crippen LogP contribution in [0.5, 0.6) is 11.5 Å². The van der Waals surface area contributed by atoms with Gasteiger partial charge in [0.2, 0.25) is 0 Å². The lowest BCUT2D eigenvalue weighted by Crippen LogP contribution is -1.93. The molecule has 0 unspecified atom stereocenters. The number of hydrogen-bond acceptors (Lipinski definition) is 4. The van der Waals surface area contributed by atoms with Crippen LogP contribution in [0.25, 0.3) is 11.1 Å². The van der Waals surface area contributed by atoms with E-state index in [0.717, 1.165) is 21.7 Å². The van der Waals surface area contributed by atoms with Crippen molar-refractivity contribution in [3.05, 3.63) is 72.5 Å². The van der Waals surface area contributed by atoms with Gasteiger partial charge >= 0.3 is 0 Å². The number of anilines is 1. The Morgan fingerprint density at radius 1 is 0.800 bits per heavy atom. The summed E-state index contributed by atoms with van der Waals surface area (Å²) in [4.78, 5) is 1.05. The minimum Gasteiger partial charge on any atom is -0.493 e. The highest BCUT2D eigenvalue weighted by Gasteiger charge is 2.05. The molecule has 0 aliphatic heterocycles. The lowest BCUT2D eigenvalue weighted by atomic mass is 10.1. The molecule has 0 amide bonds. The molecule has 3 rings (SSSR count). The van der Waals surface area contributed by atoms with E-state index in [1.807, 2.05) is 36.4 Å². The van der Waals surface area contributed by atoms with Gasteiger partial charge in [-0.2, -0.15) is 0 Å². The van der Waals surface area contributed by atoms with Gasteiger partial charge in [0.05, 0.1) is 14.2 Å². The molecule has 0 radical (unpaired) electrons. The summed E-state index contributed by atoms with van der Waals surface area (Å²) >= 11 is 1.50. The minimum absolute atomic E-state index is 0.232. The molecule has 0 spiro atoms. The minimum atomic E-state index is -0.232. The lowest BCUT2D eigenvalue weighted by molar-refractivity contribution is 0.355. The van der Waals surface area contributed by atoms with Crippen LogP contribution in [0.4, 0.5) is 10.1 Å². The van der Waals surface area contributed by atoms with Crippen LogP contribution in [0.15, 0.2) is 71.6 Å². The molecule has 0 saturated carbocycles. The summed E-state index contributed by atoms with van der Waals surface area (Å²) in [6.45, 7) is 0. The van der Waals surface area contributed by atoms with Gasteiger partial charge in [-0.25, -0.2) is 4.39 Å². The Morgan fingerprint density at radius 3 is 2.28 bits per heavy atom. The largest absolute Gasteiger partial charge is 0.493 e. The van der Waals surface area contributed by atoms with Crippen LogP contribution in [-0.4, -0.2) is 14.2 Å². The SMILES string of the molecule is COc1ccc(NSc2cccc(-c3ccc(F)cc3)c2)cc1OC. The summed E-state index contributed by atoms with van der Waals surface area (Å²) in [5.74, 6) is 1.13. The van der Waals surface area contributed by atoms with Crippen molar-refractivity contribution in [3.63, 3.8) is 0 Å². The van der Waals surface area contributed by atoms with Gasteiger partial charge in [0.15, 0.2) is 11.5 Å². The highest BCUT2D eigenvalue weighted by Crippen LogP contribution is 2.32. The van der Waals surface area contributed by atoms with Gasteiger partial charge in [0.1, 0.15) is 5.82 Å². The van der Waals surface area contributed by atoms with Crippen molar-refractivity contribution in [2.75, 3.05) is 18.9 Å². The first kappa shape index (κ1) is 17.2. The van der Waals surface area contributed by atoms with Crippen molar-refractivity contribution < 1.29 is 13.9 Å². The molecule has 0 heterocycles. The van der Waals surface area contributed by atoms with Crippen molar-refractivity contribution in [3.8, 4) is 22.6 Å². The van der Waals surface area contributed by atoms with Gasteiger partial charge in [0, 0.05) is 16.6 Å². The molecule has 0 aliphatic carbocycles. The molecule has 0 aromatic heterocycles. The van der Waals surface area contributed by atoms with Crippen molar-refractivity contribution in [2.45, 2.75) is 4.90 Å². The maximum atomic E-state index is 13.1. The Kier molecular flexibility index (Phi) is 5.46. The number of hydrogen-bond donors (Lipinski definition) is 1. The molecule has 128 valence electrons. The molecule has 0 aliphatic rings. The van der Waals surface area contributed by atoms with E-state index >= 15 is 0 Å². The van der Waals surface area contributed by atoms with Gasteiger partial charge in [-0.3, -0.25) is 0 Å². The van der Waals surface area contributed by atoms with Gasteiger partial charge < -0.3 is 14.2 Å². The third kappa shape index (κ3) is 4.25. The lowest BCUT2D eigenvalue weighted by Gasteiger charge is -2.11. The molecule has 3 nitrogen and oxygen atoms in total. The van der Waals surface area contributed by atoms with E-state index in [9.17, 15) is 4.39 Å². The third-order valence-electron chi connectivity index (χ3n) is 3.68. The van der Waals surface area contributed by atoms with E-state index in [1.165, 1.54) is 24.1 Å². The number of benzene rings is 3. The topological polar surface area (TPSA) is 30.5 Å². The Bertz CT molecular complexity index is 853. The molecule has 0 atom stereocenters. The monoisotopic (exact) mass is 355 g/mol. The van der Waals surface area contributed by atoms with Gasteiger partial charge in [-0.1, -0.05) is 24.3 Å². The van der Waals surface area contributed by atoms with E-state index in [1.54, 1.807) is 26.4 Å². The van der Waals surface area contributed by atoms with Crippen LogP contribution in [0.1, 0.15) is 0 Å². The Hall–Kier alpha value is -2.66. The summed E-state index contributed by atoms with van der Waals surface area (Å²) < 4.78 is 26.9. The highest BCUT2D eigenvalue weighted by molar-refractivity contribution is 8.00. The van der Waals surface area contributed by atoms with E-state index in [0.29, 0.717) is 11.5 Å². The predicted octanol–water partition coefficient (Wildman–Crippen LogP) is 5.63. The fourth-order valence-corrected chi connectivity index (χ4v) is 3.09. The second kappa shape index (κ2) is 7.94. The number of nitrogens with one attached hydrogen (secondary N) is 1. The molecule has 3 aromatic rings. The normalized spacial score (nSPS) is 10.4. The van der Waals surface area contributed by atoms with Crippen LogP contribution < -0.4 is 14.2 Å². The van der Waals surface area contributed by atoms with Crippen molar-refractivity contribution >= 4 is 17.6 Å². The van der Waals surface area contributed by atoms with E-state index in [2.05, 4.69) is 10.8 Å². The molecule has 3 aromatic carbocycles. The van der Waals surface area contributed by atoms with E-state index in [-0.39, 0.29) is 5.82 Å². The third-order valence-corrected chi connectivity index (χ3v) is 4.51. The van der Waals surface area contributed by atoms with Crippen LogP contribution in [0.3, 0.4) is 0 Å². The highest BCUT2D eigenvalue weighted by atomic mass is 32.2. The average molecular weight is 355 g/mol. The maximum Gasteiger partial charge on any atom is 0.162 e. The molecule has 0 bridgehead atoms. The first-order valence-electron chi connectivity index (χ1n) is 7.70. The Balaban J connectivity index is 1.73. The molecule has 0 saturated heterocycles. The summed E-state index contributed by atoms with van der Waals surface area (Å²) in [7, 11) is 3.22. The van der Waals surface area contributed by atoms with Crippen molar-refractivity contribution in [2.24, 2.45) is 0 Å². The summed E-state index contributed by atoms with van der Waals surface area (Å²) in [6, 6.07) is 20.2. The number of rotatable bonds is 6. The Labute approximate surface area is 150 Å². The fourth-order valence-electron chi connectivity index (χ4n) is 2.40. The van der Waals surface area contributed by atoms with Gasteiger partial charge in [0.25, 0.3) is 0 Å². The second-order valence-corrected chi connectivity index (χ2v) is 6.19. The standard InChI is InChI=1S/C20H18FNO2S/c1-23-19-11-10-17(13-20(19)24-2)22-25-18-5-3-4-15(12-18)14-6-8-16(21)9-7-14/h3-13,22H,1-2H3. The van der Waals surface area contributed by atoms with Gasteiger partial charge in [-0.05, 0) is 59.5 Å². The molecule has 1 N–H and O–H groups in total. The second-order valence-electron chi connectivity index (χ2n) is 5.31. The average Bonchev–Trinajstić information content (AvgIpc) is 2.67. The number of ether oxygens (including phenoxy) is 2. The zero-order chi connectivity index (χ0) is 17.6. The van der Waals surface area contributed by atoms with Crippen LogP contribution >= 0.6 is 11.9 Å². The summed E-state index contributed by atoms with van der Waals surface area (Å²) in [5.41, 5.74) is 2.93. The molecule has 0 fully saturated rings. The maximum absolute atomic E-state index is 13.1. The first-order chi connectivity index (χ1) is 12.2. The molecule has 25 heavy (non-hydrogen) atoms. The zero-order valence-electron chi connectivity index (χ0n) is 14.0. The zero-order valence-corrected chi connectivity index (χ0v) is 14.8. The van der Waals surface area contributed by atoms with Crippen LogP contribution in [0, 0.1) is 5.82 Å². The quantitative estimate of drug-likeness (QED) is 0.581. The van der Waals surface area contributed by atoms with Crippen LogP contribution in [-0.2, 0) is 0 Å². The van der Waals surface area contributed by atoms with E-state index < -0.39 is 0 Å². The number of halogens is 1. The van der Waals surface area contributed by atoms with Crippen molar-refractivity contribution in [1.82, 2.24) is 0 Å². The summed E-state index contributed by atoms with van der Waals surface area (Å²) in [5, 5.41) is 0. The molecule has 5 heteroatoms. The predicted molar refractivity (Wildman–Crippen MR) is 101 cm³/mol. The van der Waals surface area contributed by atoms with Crippen LogP contribution in [0.2, 0.25) is 0 Å². The molecular formula is C20H18FNO2S. The smallest absolute Gasteiger partial charge is 0.162 e. The van der Waals surface area contributed by atoms with Gasteiger partial charge in [-0.15, -0.1) is 0 Å².